The molecule has 156 valence electrons. The Labute approximate surface area is 172 Å². The number of carbonyl (C=O) groups excluding carboxylic acids is 1. The molecule has 2 N–H and O–H groups in total. The fraction of sp³-hybridized carbons (Fsp3) is 0.500. The van der Waals surface area contributed by atoms with Gasteiger partial charge in [0, 0.05) is 24.5 Å². The molecule has 2 fully saturated rings. The first kappa shape index (κ1) is 20.3. The normalized spacial score (nSPS) is 26.3. The highest BCUT2D eigenvalue weighted by molar-refractivity contribution is 7.89. The molecule has 0 bridgehead atoms. The molecular formula is C22H28N2O4S. The van der Waals surface area contributed by atoms with Crippen LogP contribution in [-0.2, 0) is 14.8 Å². The molecule has 4 rings (SSSR count). The van der Waals surface area contributed by atoms with Gasteiger partial charge in [-0.1, -0.05) is 36.4 Å². The van der Waals surface area contributed by atoms with E-state index in [9.17, 15) is 18.3 Å². The van der Waals surface area contributed by atoms with Crippen LogP contribution in [0.3, 0.4) is 0 Å². The topological polar surface area (TPSA) is 86.7 Å². The highest BCUT2D eigenvalue weighted by Crippen LogP contribution is 2.29. The number of amides is 1. The minimum Gasteiger partial charge on any atom is -0.393 e. The molecule has 2 aliphatic rings. The van der Waals surface area contributed by atoms with Gasteiger partial charge in [-0.05, 0) is 50.0 Å². The van der Waals surface area contributed by atoms with Gasteiger partial charge in [0.2, 0.25) is 15.9 Å². The standard InChI is InChI=1S/C22H28N2O4S/c25-19-12-10-18(11-13-19)23-22(26)17-7-4-14-24(15-17)29(27,28)21-9-3-6-16-5-1-2-8-20(16)21/h1-3,5-6,8-9,17-19,25H,4,7,10-15H2,(H,23,26). The molecule has 0 radical (unpaired) electrons. The summed E-state index contributed by atoms with van der Waals surface area (Å²) in [5, 5.41) is 14.3. The van der Waals surface area contributed by atoms with Crippen molar-refractivity contribution in [2.45, 2.75) is 55.6 Å². The Hall–Kier alpha value is -1.96. The number of benzene rings is 2. The molecule has 1 unspecified atom stereocenters. The van der Waals surface area contributed by atoms with Gasteiger partial charge < -0.3 is 10.4 Å². The quantitative estimate of drug-likeness (QED) is 0.802. The van der Waals surface area contributed by atoms with Crippen LogP contribution in [0.2, 0.25) is 0 Å². The number of hydrogen-bond acceptors (Lipinski definition) is 4. The highest BCUT2D eigenvalue weighted by Gasteiger charge is 2.35. The third kappa shape index (κ3) is 4.32. The van der Waals surface area contributed by atoms with E-state index in [1.54, 1.807) is 12.1 Å². The van der Waals surface area contributed by atoms with Crippen molar-refractivity contribution >= 4 is 26.7 Å². The molecular weight excluding hydrogens is 388 g/mol. The molecule has 0 spiro atoms. The first-order chi connectivity index (χ1) is 13.9. The number of nitrogens with zero attached hydrogens (tertiary/aromatic N) is 1. The Morgan fingerprint density at radius 1 is 1.00 bits per heavy atom. The van der Waals surface area contributed by atoms with E-state index in [0.29, 0.717) is 42.5 Å². The van der Waals surface area contributed by atoms with Gasteiger partial charge in [-0.25, -0.2) is 8.42 Å². The van der Waals surface area contributed by atoms with Gasteiger partial charge in [0.25, 0.3) is 0 Å². The second-order valence-corrected chi connectivity index (χ2v) is 10.1. The smallest absolute Gasteiger partial charge is 0.243 e. The van der Waals surface area contributed by atoms with Crippen LogP contribution in [0.5, 0.6) is 0 Å². The van der Waals surface area contributed by atoms with Crippen molar-refractivity contribution < 1.29 is 18.3 Å². The number of sulfonamides is 1. The summed E-state index contributed by atoms with van der Waals surface area (Å²) < 4.78 is 28.2. The molecule has 1 saturated carbocycles. The Balaban J connectivity index is 1.49. The summed E-state index contributed by atoms with van der Waals surface area (Å²) >= 11 is 0. The zero-order valence-corrected chi connectivity index (χ0v) is 17.3. The van der Waals surface area contributed by atoms with Crippen LogP contribution in [0.1, 0.15) is 38.5 Å². The van der Waals surface area contributed by atoms with Crippen molar-refractivity contribution in [1.29, 1.82) is 0 Å². The summed E-state index contributed by atoms with van der Waals surface area (Å²) in [6, 6.07) is 12.9. The van der Waals surface area contributed by atoms with Crippen molar-refractivity contribution in [3.05, 3.63) is 42.5 Å². The Morgan fingerprint density at radius 2 is 1.72 bits per heavy atom. The Kier molecular flexibility index (Phi) is 5.90. The summed E-state index contributed by atoms with van der Waals surface area (Å²) in [5.41, 5.74) is 0. The van der Waals surface area contributed by atoms with Gasteiger partial charge >= 0.3 is 0 Å². The lowest BCUT2D eigenvalue weighted by atomic mass is 9.92. The number of fused-ring (bicyclic) bond motifs is 1. The SMILES string of the molecule is O=C(NC1CCC(O)CC1)C1CCCN(S(=O)(=O)c2cccc3ccccc23)C1. The summed E-state index contributed by atoms with van der Waals surface area (Å²) in [6.07, 6.45) is 4.07. The average molecular weight is 417 g/mol. The lowest BCUT2D eigenvalue weighted by Gasteiger charge is -2.33. The number of hydrogen-bond donors (Lipinski definition) is 2. The summed E-state index contributed by atoms with van der Waals surface area (Å²) in [4.78, 5) is 13.1. The van der Waals surface area contributed by atoms with E-state index < -0.39 is 10.0 Å². The third-order valence-electron chi connectivity index (χ3n) is 6.17. The molecule has 1 atom stereocenters. The zero-order valence-electron chi connectivity index (χ0n) is 16.5. The monoisotopic (exact) mass is 416 g/mol. The summed E-state index contributed by atoms with van der Waals surface area (Å²) in [5.74, 6) is -0.399. The molecule has 1 heterocycles. The fourth-order valence-corrected chi connectivity index (χ4v) is 6.21. The van der Waals surface area contributed by atoms with Crippen molar-refractivity contribution in [2.75, 3.05) is 13.1 Å². The number of piperidine rings is 1. The number of carbonyl (C=O) groups is 1. The summed E-state index contributed by atoms with van der Waals surface area (Å²) in [7, 11) is -3.68. The molecule has 1 aliphatic heterocycles. The van der Waals surface area contributed by atoms with Gasteiger partial charge in [0.05, 0.1) is 16.9 Å². The molecule has 6 nitrogen and oxygen atoms in total. The maximum Gasteiger partial charge on any atom is 0.243 e. The van der Waals surface area contributed by atoms with Gasteiger partial charge in [0.15, 0.2) is 0 Å². The molecule has 1 aliphatic carbocycles. The fourth-order valence-electron chi connectivity index (χ4n) is 4.47. The van der Waals surface area contributed by atoms with Gasteiger partial charge in [-0.3, -0.25) is 4.79 Å². The van der Waals surface area contributed by atoms with Gasteiger partial charge in [-0.15, -0.1) is 0 Å². The highest BCUT2D eigenvalue weighted by atomic mass is 32.2. The van der Waals surface area contributed by atoms with Crippen molar-refractivity contribution in [2.24, 2.45) is 5.92 Å². The zero-order chi connectivity index (χ0) is 20.4. The molecule has 0 aromatic heterocycles. The molecule has 1 saturated heterocycles. The first-order valence-electron chi connectivity index (χ1n) is 10.4. The van der Waals surface area contributed by atoms with Crippen LogP contribution in [0, 0.1) is 5.92 Å². The minimum absolute atomic E-state index is 0.0655. The van der Waals surface area contributed by atoms with Crippen molar-refractivity contribution in [3.63, 3.8) is 0 Å². The number of nitrogens with one attached hydrogen (secondary N) is 1. The first-order valence-corrected chi connectivity index (χ1v) is 11.9. The van der Waals surface area contributed by atoms with E-state index >= 15 is 0 Å². The lowest BCUT2D eigenvalue weighted by molar-refractivity contribution is -0.127. The molecule has 29 heavy (non-hydrogen) atoms. The maximum absolute atomic E-state index is 13.4. The van der Waals surface area contributed by atoms with Crippen LogP contribution in [0.25, 0.3) is 10.8 Å². The van der Waals surface area contributed by atoms with E-state index in [1.165, 1.54) is 4.31 Å². The van der Waals surface area contributed by atoms with E-state index in [1.807, 2.05) is 30.3 Å². The summed E-state index contributed by atoms with van der Waals surface area (Å²) in [6.45, 7) is 0.650. The van der Waals surface area contributed by atoms with Crippen LogP contribution in [0.4, 0.5) is 0 Å². The number of rotatable bonds is 4. The van der Waals surface area contributed by atoms with Gasteiger partial charge in [-0.2, -0.15) is 4.31 Å². The lowest BCUT2D eigenvalue weighted by Crippen LogP contribution is -2.48. The van der Waals surface area contributed by atoms with Crippen LogP contribution >= 0.6 is 0 Å². The second-order valence-electron chi connectivity index (χ2n) is 8.19. The largest absolute Gasteiger partial charge is 0.393 e. The Morgan fingerprint density at radius 3 is 2.52 bits per heavy atom. The van der Waals surface area contributed by atoms with E-state index in [-0.39, 0.29) is 30.5 Å². The third-order valence-corrected chi connectivity index (χ3v) is 8.09. The second kappa shape index (κ2) is 8.42. The predicted octanol–water partition coefficient (Wildman–Crippen LogP) is 2.66. The predicted molar refractivity (Wildman–Crippen MR) is 112 cm³/mol. The van der Waals surface area contributed by atoms with Crippen LogP contribution in [-0.4, -0.2) is 49.0 Å². The van der Waals surface area contributed by atoms with Gasteiger partial charge in [0.1, 0.15) is 0 Å². The van der Waals surface area contributed by atoms with E-state index in [0.717, 1.165) is 18.2 Å². The number of aliphatic hydroxyl groups is 1. The number of aliphatic hydroxyl groups excluding tert-OH is 1. The minimum atomic E-state index is -3.68. The molecule has 7 heteroatoms. The average Bonchev–Trinajstić information content (AvgIpc) is 2.75. The maximum atomic E-state index is 13.4. The van der Waals surface area contributed by atoms with Crippen LogP contribution in [0.15, 0.2) is 47.4 Å². The van der Waals surface area contributed by atoms with Crippen molar-refractivity contribution in [1.82, 2.24) is 9.62 Å². The van der Waals surface area contributed by atoms with E-state index in [2.05, 4.69) is 5.32 Å². The molecule has 2 aromatic carbocycles. The van der Waals surface area contributed by atoms with Crippen molar-refractivity contribution in [3.8, 4) is 0 Å². The van der Waals surface area contributed by atoms with E-state index in [4.69, 9.17) is 0 Å². The Bertz CT molecular complexity index is 978. The van der Waals surface area contributed by atoms with Crippen LogP contribution < -0.4 is 5.32 Å². The molecule has 1 amide bonds. The molecule has 2 aromatic rings.